The number of anilines is 1. The zero-order valence-corrected chi connectivity index (χ0v) is 18.6. The van der Waals surface area contributed by atoms with E-state index in [9.17, 15) is 0 Å². The fraction of sp³-hybridized carbons (Fsp3) is 0.444. The molecule has 0 spiro atoms. The van der Waals surface area contributed by atoms with E-state index in [4.69, 9.17) is 0 Å². The third-order valence-corrected chi connectivity index (χ3v) is 6.96. The molecule has 164 valence electrons. The Morgan fingerprint density at radius 3 is 2.34 bits per heavy atom. The van der Waals surface area contributed by atoms with Crippen LogP contribution in [0, 0.1) is 11.8 Å². The molecule has 2 saturated carbocycles. The molecule has 1 N–H and O–H groups in total. The minimum absolute atomic E-state index is 0.246. The van der Waals surface area contributed by atoms with Gasteiger partial charge in [-0.25, -0.2) is 4.68 Å². The molecule has 1 heterocycles. The molecule has 3 aromatic rings. The summed E-state index contributed by atoms with van der Waals surface area (Å²) < 4.78 is 2.15. The Kier molecular flexibility index (Phi) is 6.20. The minimum atomic E-state index is -0.246. The Morgan fingerprint density at radius 1 is 0.812 bits per heavy atom. The number of benzene rings is 2. The van der Waals surface area contributed by atoms with Crippen molar-refractivity contribution in [1.82, 2.24) is 20.2 Å². The van der Waals surface area contributed by atoms with Crippen LogP contribution in [0.3, 0.4) is 0 Å². The van der Waals surface area contributed by atoms with Crippen molar-refractivity contribution in [2.45, 2.75) is 75.8 Å². The van der Waals surface area contributed by atoms with Crippen molar-refractivity contribution in [3.8, 4) is 11.8 Å². The molecule has 2 fully saturated rings. The summed E-state index contributed by atoms with van der Waals surface area (Å²) in [7, 11) is 0. The van der Waals surface area contributed by atoms with Crippen LogP contribution in [0.5, 0.6) is 0 Å². The number of hydrogen-bond acceptors (Lipinski definition) is 4. The fourth-order valence-electron chi connectivity index (χ4n) is 5.26. The van der Waals surface area contributed by atoms with Gasteiger partial charge in [0.15, 0.2) is 5.82 Å². The van der Waals surface area contributed by atoms with Crippen LogP contribution in [0.1, 0.15) is 87.2 Å². The van der Waals surface area contributed by atoms with Crippen molar-refractivity contribution in [3.63, 3.8) is 0 Å². The zero-order chi connectivity index (χ0) is 21.6. The number of nitrogens with zero attached hydrogens (tertiary/aromatic N) is 4. The first-order valence-corrected chi connectivity index (χ1v) is 12.1. The summed E-state index contributed by atoms with van der Waals surface area (Å²) >= 11 is 0. The van der Waals surface area contributed by atoms with Gasteiger partial charge in [-0.15, -0.1) is 5.10 Å². The van der Waals surface area contributed by atoms with Gasteiger partial charge < -0.3 is 5.32 Å². The van der Waals surface area contributed by atoms with E-state index in [1.807, 2.05) is 30.3 Å². The van der Waals surface area contributed by atoms with Gasteiger partial charge in [0.25, 0.3) is 0 Å². The molecule has 2 aromatic carbocycles. The summed E-state index contributed by atoms with van der Waals surface area (Å²) in [6, 6.07) is 18.9. The first-order valence-electron chi connectivity index (χ1n) is 12.1. The van der Waals surface area contributed by atoms with Crippen LogP contribution in [0.15, 0.2) is 54.6 Å². The molecule has 0 atom stereocenters. The number of hydrogen-bond donors (Lipinski definition) is 1. The van der Waals surface area contributed by atoms with Crippen molar-refractivity contribution in [1.29, 1.82) is 0 Å². The molecule has 32 heavy (non-hydrogen) atoms. The maximum absolute atomic E-state index is 4.61. The quantitative estimate of drug-likeness (QED) is 0.533. The Morgan fingerprint density at radius 2 is 1.53 bits per heavy atom. The van der Waals surface area contributed by atoms with Crippen molar-refractivity contribution in [3.05, 3.63) is 71.5 Å². The van der Waals surface area contributed by atoms with Gasteiger partial charge in [0, 0.05) is 11.1 Å². The lowest BCUT2D eigenvalue weighted by Gasteiger charge is -2.39. The predicted octanol–water partition coefficient (Wildman–Crippen LogP) is 5.85. The fourth-order valence-corrected chi connectivity index (χ4v) is 5.26. The number of para-hydroxylation sites is 1. The van der Waals surface area contributed by atoms with Crippen molar-refractivity contribution in [2.24, 2.45) is 0 Å². The Bertz CT molecular complexity index is 1080. The van der Waals surface area contributed by atoms with Crippen LogP contribution in [-0.2, 0) is 5.54 Å². The summed E-state index contributed by atoms with van der Waals surface area (Å²) in [5.41, 5.74) is 2.86. The molecule has 5 heteroatoms. The Hall–Kier alpha value is -3.13. The molecule has 0 amide bonds. The minimum Gasteiger partial charge on any atom is -0.372 e. The average molecular weight is 426 g/mol. The molecule has 2 aliphatic rings. The van der Waals surface area contributed by atoms with Crippen LogP contribution < -0.4 is 5.32 Å². The Labute approximate surface area is 190 Å². The average Bonchev–Trinajstić information content (AvgIpc) is 3.36. The standard InChI is InChI=1S/C27H31N5/c1-4-12-22(13-5-1)18-19-23-14-8-9-17-25(23)28-27(20-10-3-11-21-27)26-29-30-31-32(26)24-15-6-2-7-16-24/h1,4-5,8-9,12-14,17,24,28H,2-3,6-7,10-11,15-16,20-21H2. The van der Waals surface area contributed by atoms with Crippen LogP contribution in [0.25, 0.3) is 0 Å². The highest BCUT2D eigenvalue weighted by atomic mass is 15.6. The van der Waals surface area contributed by atoms with E-state index in [1.165, 1.54) is 51.4 Å². The molecule has 1 aromatic heterocycles. The van der Waals surface area contributed by atoms with Gasteiger partial charge in [-0.3, -0.25) is 0 Å². The smallest absolute Gasteiger partial charge is 0.177 e. The van der Waals surface area contributed by atoms with Crippen molar-refractivity contribution < 1.29 is 0 Å². The normalized spacial score (nSPS) is 18.5. The van der Waals surface area contributed by atoms with E-state index in [0.717, 1.165) is 35.5 Å². The molecule has 0 saturated heterocycles. The van der Waals surface area contributed by atoms with Crippen LogP contribution in [-0.4, -0.2) is 20.2 Å². The second-order valence-electron chi connectivity index (χ2n) is 9.17. The highest BCUT2D eigenvalue weighted by molar-refractivity contribution is 5.61. The summed E-state index contributed by atoms with van der Waals surface area (Å²) in [5.74, 6) is 7.71. The van der Waals surface area contributed by atoms with E-state index in [-0.39, 0.29) is 5.54 Å². The maximum atomic E-state index is 4.61. The van der Waals surface area contributed by atoms with Gasteiger partial charge in [-0.05, 0) is 60.4 Å². The maximum Gasteiger partial charge on any atom is 0.177 e. The van der Waals surface area contributed by atoms with Crippen LogP contribution in [0.4, 0.5) is 5.69 Å². The number of rotatable bonds is 4. The molecule has 5 rings (SSSR count). The highest BCUT2D eigenvalue weighted by Gasteiger charge is 2.40. The number of tetrazole rings is 1. The number of aromatic nitrogens is 4. The third-order valence-electron chi connectivity index (χ3n) is 6.96. The lowest BCUT2D eigenvalue weighted by Crippen LogP contribution is -2.41. The molecule has 0 unspecified atom stereocenters. The van der Waals surface area contributed by atoms with E-state index in [2.05, 4.69) is 61.6 Å². The molecule has 0 radical (unpaired) electrons. The van der Waals surface area contributed by atoms with Gasteiger partial charge in [0.1, 0.15) is 0 Å². The van der Waals surface area contributed by atoms with Gasteiger partial charge in [-0.1, -0.05) is 80.7 Å². The molecule has 0 bridgehead atoms. The first kappa shape index (κ1) is 20.8. The second-order valence-corrected chi connectivity index (χ2v) is 9.17. The van der Waals surface area contributed by atoms with Crippen molar-refractivity contribution >= 4 is 5.69 Å². The lowest BCUT2D eigenvalue weighted by atomic mass is 9.80. The van der Waals surface area contributed by atoms with Crippen molar-refractivity contribution in [2.75, 3.05) is 5.32 Å². The molecular weight excluding hydrogens is 394 g/mol. The lowest BCUT2D eigenvalue weighted by molar-refractivity contribution is 0.263. The Balaban J connectivity index is 1.49. The van der Waals surface area contributed by atoms with E-state index in [0.29, 0.717) is 6.04 Å². The second kappa shape index (κ2) is 9.56. The molecule has 0 aliphatic heterocycles. The van der Waals surface area contributed by atoms with E-state index < -0.39 is 0 Å². The summed E-state index contributed by atoms with van der Waals surface area (Å²) in [4.78, 5) is 0. The topological polar surface area (TPSA) is 55.6 Å². The van der Waals surface area contributed by atoms with E-state index >= 15 is 0 Å². The van der Waals surface area contributed by atoms with Gasteiger partial charge in [-0.2, -0.15) is 0 Å². The predicted molar refractivity (Wildman–Crippen MR) is 127 cm³/mol. The summed E-state index contributed by atoms with van der Waals surface area (Å²) in [6.07, 6.45) is 11.9. The summed E-state index contributed by atoms with van der Waals surface area (Å²) in [6.45, 7) is 0. The molecule has 2 aliphatic carbocycles. The third kappa shape index (κ3) is 4.41. The van der Waals surface area contributed by atoms with Crippen LogP contribution >= 0.6 is 0 Å². The zero-order valence-electron chi connectivity index (χ0n) is 18.6. The summed E-state index contributed by atoms with van der Waals surface area (Å²) in [5, 5.41) is 17.2. The van der Waals surface area contributed by atoms with Gasteiger partial charge >= 0.3 is 0 Å². The van der Waals surface area contributed by atoms with Gasteiger partial charge in [0.2, 0.25) is 0 Å². The molecule has 5 nitrogen and oxygen atoms in total. The van der Waals surface area contributed by atoms with E-state index in [1.54, 1.807) is 0 Å². The molecular formula is C27H31N5. The first-order chi connectivity index (χ1) is 15.8. The number of nitrogens with one attached hydrogen (secondary N) is 1. The van der Waals surface area contributed by atoms with Gasteiger partial charge in [0.05, 0.1) is 17.3 Å². The highest BCUT2D eigenvalue weighted by Crippen LogP contribution is 2.41. The van der Waals surface area contributed by atoms with Crippen LogP contribution in [0.2, 0.25) is 0 Å². The monoisotopic (exact) mass is 425 g/mol. The SMILES string of the molecule is C(#Cc1ccccc1NC1(c2nnnn2C2CCCCC2)CCCCC1)c1ccccc1. The largest absolute Gasteiger partial charge is 0.372 e.